The summed E-state index contributed by atoms with van der Waals surface area (Å²) in [6.45, 7) is 1.90. The third-order valence-electron chi connectivity index (χ3n) is 5.40. The summed E-state index contributed by atoms with van der Waals surface area (Å²) >= 11 is 7.93. The molecule has 4 rings (SSSR count). The van der Waals surface area contributed by atoms with Crippen LogP contribution in [0.25, 0.3) is 6.08 Å². The van der Waals surface area contributed by atoms with Crippen molar-refractivity contribution in [2.24, 2.45) is 0 Å². The zero-order valence-electron chi connectivity index (χ0n) is 18.4. The Hall–Kier alpha value is -2.30. The number of ether oxygens (including phenoxy) is 1. The summed E-state index contributed by atoms with van der Waals surface area (Å²) in [6.07, 6.45) is 9.53. The summed E-state index contributed by atoms with van der Waals surface area (Å²) < 4.78 is 6.61. The molecular weight excluding hydrogens is 476 g/mol. The van der Waals surface area contributed by atoms with Gasteiger partial charge in [-0.05, 0) is 44.2 Å². The van der Waals surface area contributed by atoms with Crippen LogP contribution in [0.3, 0.4) is 0 Å². The van der Waals surface area contributed by atoms with E-state index >= 15 is 0 Å². The molecule has 1 aromatic heterocycles. The van der Waals surface area contributed by atoms with Crippen LogP contribution < -0.4 is 10.1 Å². The number of hydrogen-bond acceptors (Lipinski definition) is 8. The van der Waals surface area contributed by atoms with Crippen LogP contribution in [0.2, 0.25) is 0 Å². The fourth-order valence-corrected chi connectivity index (χ4v) is 5.87. The molecule has 2 heterocycles. The summed E-state index contributed by atoms with van der Waals surface area (Å²) in [5.41, 5.74) is 0.838. The van der Waals surface area contributed by atoms with E-state index in [1.54, 1.807) is 6.08 Å². The Morgan fingerprint density at radius 3 is 2.85 bits per heavy atom. The summed E-state index contributed by atoms with van der Waals surface area (Å²) in [7, 11) is 0. The second-order valence-electron chi connectivity index (χ2n) is 7.98. The van der Waals surface area contributed by atoms with Crippen LogP contribution in [-0.2, 0) is 16.0 Å². The van der Waals surface area contributed by atoms with Crippen molar-refractivity contribution in [2.45, 2.75) is 58.0 Å². The van der Waals surface area contributed by atoms with Crippen molar-refractivity contribution in [1.29, 1.82) is 0 Å². The number of anilines is 1. The second kappa shape index (κ2) is 11.2. The van der Waals surface area contributed by atoms with Crippen molar-refractivity contribution < 1.29 is 14.3 Å². The third kappa shape index (κ3) is 6.18. The first kappa shape index (κ1) is 23.8. The van der Waals surface area contributed by atoms with Crippen LogP contribution >= 0.6 is 35.3 Å². The molecule has 2 amide bonds. The predicted molar refractivity (Wildman–Crippen MR) is 136 cm³/mol. The van der Waals surface area contributed by atoms with Crippen molar-refractivity contribution in [1.82, 2.24) is 15.1 Å². The molecule has 174 valence electrons. The lowest BCUT2D eigenvalue weighted by Gasteiger charge is -2.23. The number of nitrogens with zero attached hydrogens (tertiary/aromatic N) is 3. The zero-order valence-corrected chi connectivity index (χ0v) is 20.9. The molecular formula is C23H26N4O3S3. The van der Waals surface area contributed by atoms with E-state index in [1.807, 2.05) is 24.3 Å². The lowest BCUT2D eigenvalue weighted by atomic mass is 9.97. The molecule has 2 aliphatic rings. The van der Waals surface area contributed by atoms with E-state index in [0.29, 0.717) is 14.4 Å². The van der Waals surface area contributed by atoms with E-state index < -0.39 is 0 Å². The van der Waals surface area contributed by atoms with Gasteiger partial charge in [-0.25, -0.2) is 0 Å². The number of thioether (sulfide) groups is 1. The minimum absolute atomic E-state index is 0.162. The maximum atomic E-state index is 13.0. The number of carbonyl (C=O) groups excluding carboxylic acids is 2. The van der Waals surface area contributed by atoms with Gasteiger partial charge in [0.1, 0.15) is 21.6 Å². The fraction of sp³-hybridized carbons (Fsp3) is 0.435. The number of para-hydroxylation sites is 1. The average molecular weight is 503 g/mol. The topological polar surface area (TPSA) is 84.4 Å². The monoisotopic (exact) mass is 502 g/mol. The van der Waals surface area contributed by atoms with Crippen LogP contribution in [-0.4, -0.2) is 43.9 Å². The third-order valence-corrected chi connectivity index (χ3v) is 7.68. The lowest BCUT2D eigenvalue weighted by molar-refractivity contribution is -0.126. The van der Waals surface area contributed by atoms with Crippen LogP contribution in [0.4, 0.5) is 5.13 Å². The first-order valence-corrected chi connectivity index (χ1v) is 13.2. The van der Waals surface area contributed by atoms with Gasteiger partial charge < -0.3 is 4.74 Å². The summed E-state index contributed by atoms with van der Waals surface area (Å²) in [6, 6.07) is 7.72. The van der Waals surface area contributed by atoms with Crippen LogP contribution in [0.1, 0.15) is 56.0 Å². The van der Waals surface area contributed by atoms with Crippen molar-refractivity contribution in [2.75, 3.05) is 11.9 Å². The van der Waals surface area contributed by atoms with Gasteiger partial charge in [0.2, 0.25) is 11.0 Å². The number of benzene rings is 1. The van der Waals surface area contributed by atoms with Crippen molar-refractivity contribution in [3.05, 3.63) is 39.7 Å². The van der Waals surface area contributed by atoms with Gasteiger partial charge in [-0.15, -0.1) is 10.2 Å². The summed E-state index contributed by atoms with van der Waals surface area (Å²) in [5, 5.41) is 12.0. The fourth-order valence-electron chi connectivity index (χ4n) is 3.77. The number of hydrogen-bond donors (Lipinski definition) is 1. The molecule has 2 aromatic rings. The van der Waals surface area contributed by atoms with E-state index in [-0.39, 0.29) is 24.5 Å². The highest BCUT2D eigenvalue weighted by Gasteiger charge is 2.34. The average Bonchev–Trinajstić information content (AvgIpc) is 3.35. The van der Waals surface area contributed by atoms with Gasteiger partial charge in [-0.1, -0.05) is 66.9 Å². The van der Waals surface area contributed by atoms with Crippen LogP contribution in [0, 0.1) is 0 Å². The minimum atomic E-state index is -0.354. The van der Waals surface area contributed by atoms with E-state index in [9.17, 15) is 9.59 Å². The Kier molecular flexibility index (Phi) is 8.11. The van der Waals surface area contributed by atoms with Gasteiger partial charge in [0.15, 0.2) is 0 Å². The van der Waals surface area contributed by atoms with Gasteiger partial charge in [0.05, 0.1) is 11.0 Å². The van der Waals surface area contributed by atoms with Gasteiger partial charge in [-0.3, -0.25) is 19.8 Å². The predicted octanol–water partition coefficient (Wildman–Crippen LogP) is 5.04. The molecule has 0 radical (unpaired) electrons. The highest BCUT2D eigenvalue weighted by molar-refractivity contribution is 8.26. The van der Waals surface area contributed by atoms with E-state index in [0.717, 1.165) is 42.0 Å². The maximum absolute atomic E-state index is 13.0. The van der Waals surface area contributed by atoms with E-state index in [4.69, 9.17) is 17.0 Å². The molecule has 1 aliphatic carbocycles. The SMILES string of the molecule is CCCc1nnc(NC(=O)CN2C(=O)/C(=C/c3ccccc3OC3CCCCC3)SC2=S)s1. The van der Waals surface area contributed by atoms with Crippen molar-refractivity contribution in [3.8, 4) is 5.75 Å². The number of nitrogens with one attached hydrogen (secondary N) is 1. The number of rotatable bonds is 8. The van der Waals surface area contributed by atoms with Crippen molar-refractivity contribution >= 4 is 62.7 Å². The number of aromatic nitrogens is 2. The first-order valence-electron chi connectivity index (χ1n) is 11.2. The van der Waals surface area contributed by atoms with E-state index in [1.165, 1.54) is 47.3 Å². The van der Waals surface area contributed by atoms with Gasteiger partial charge in [0, 0.05) is 12.0 Å². The summed E-state index contributed by atoms with van der Waals surface area (Å²) in [5.74, 6) is 0.135. The Morgan fingerprint density at radius 1 is 1.27 bits per heavy atom. The molecule has 2 fully saturated rings. The molecule has 7 nitrogen and oxygen atoms in total. The second-order valence-corrected chi connectivity index (χ2v) is 10.7. The maximum Gasteiger partial charge on any atom is 0.266 e. The van der Waals surface area contributed by atoms with E-state index in [2.05, 4.69) is 22.4 Å². The number of thiocarbonyl (C=S) groups is 1. The largest absolute Gasteiger partial charge is 0.490 e. The molecule has 1 saturated heterocycles. The molecule has 0 unspecified atom stereocenters. The zero-order chi connectivity index (χ0) is 23.2. The molecule has 1 N–H and O–H groups in total. The first-order chi connectivity index (χ1) is 16.0. The Balaban J connectivity index is 1.42. The van der Waals surface area contributed by atoms with Gasteiger partial charge >= 0.3 is 0 Å². The quantitative estimate of drug-likeness (QED) is 0.400. The molecule has 33 heavy (non-hydrogen) atoms. The smallest absolute Gasteiger partial charge is 0.266 e. The molecule has 10 heteroatoms. The number of aryl methyl sites for hydroxylation is 1. The van der Waals surface area contributed by atoms with Crippen LogP contribution in [0.5, 0.6) is 5.75 Å². The molecule has 0 bridgehead atoms. The highest BCUT2D eigenvalue weighted by Crippen LogP contribution is 2.35. The molecule has 1 saturated carbocycles. The Labute approximate surface area is 207 Å². The number of amides is 2. The number of carbonyl (C=O) groups is 2. The van der Waals surface area contributed by atoms with Gasteiger partial charge in [-0.2, -0.15) is 0 Å². The lowest BCUT2D eigenvalue weighted by Crippen LogP contribution is -2.36. The normalized spacial score (nSPS) is 18.2. The Bertz CT molecular complexity index is 1060. The Morgan fingerprint density at radius 2 is 2.06 bits per heavy atom. The highest BCUT2D eigenvalue weighted by atomic mass is 32.2. The standard InChI is InChI=1S/C23H26N4O3S3/c1-2-8-20-25-26-22(33-20)24-19(28)14-27-21(29)18(32-23(27)31)13-15-9-6-7-12-17(15)30-16-10-4-3-5-11-16/h6-7,9,12-13,16H,2-5,8,10-11,14H2,1H3,(H,24,26,28)/b18-13-. The molecule has 0 spiro atoms. The molecule has 0 atom stereocenters. The molecule has 1 aliphatic heterocycles. The minimum Gasteiger partial charge on any atom is -0.490 e. The van der Waals surface area contributed by atoms with Gasteiger partial charge in [0.25, 0.3) is 5.91 Å². The van der Waals surface area contributed by atoms with Crippen molar-refractivity contribution in [3.63, 3.8) is 0 Å². The summed E-state index contributed by atoms with van der Waals surface area (Å²) in [4.78, 5) is 27.3. The van der Waals surface area contributed by atoms with Crippen LogP contribution in [0.15, 0.2) is 29.2 Å². The molecule has 1 aromatic carbocycles.